The number of hydrogen-bond donors (Lipinski definition) is 1. The van der Waals surface area contributed by atoms with Gasteiger partial charge in [-0.25, -0.2) is 12.7 Å². The second-order valence-electron chi connectivity index (χ2n) is 7.88. The zero-order valence-electron chi connectivity index (χ0n) is 17.5. The summed E-state index contributed by atoms with van der Waals surface area (Å²) in [5, 5.41) is 3.09. The molecule has 3 rings (SSSR count). The first-order valence-corrected chi connectivity index (χ1v) is 12.8. The molecule has 0 radical (unpaired) electrons. The van der Waals surface area contributed by atoms with Gasteiger partial charge < -0.3 is 5.32 Å². The molecule has 0 bridgehead atoms. The lowest BCUT2D eigenvalue weighted by atomic mass is 9.96. The lowest BCUT2D eigenvalue weighted by molar-refractivity contribution is -0.126. The SMILES string of the molecule is CCc1ccc([C@H](C)NC(=O)C2CCN(S(=O)(=O)Cc3ccc(Br)cc3)CC2)cc1. The molecule has 1 aliphatic rings. The van der Waals surface area contributed by atoms with E-state index in [1.54, 1.807) is 0 Å². The first-order valence-electron chi connectivity index (χ1n) is 10.4. The molecule has 5 nitrogen and oxygen atoms in total. The zero-order chi connectivity index (χ0) is 21.7. The molecule has 2 aromatic rings. The van der Waals surface area contributed by atoms with Crippen LogP contribution in [-0.4, -0.2) is 31.7 Å². The van der Waals surface area contributed by atoms with Gasteiger partial charge in [-0.15, -0.1) is 0 Å². The van der Waals surface area contributed by atoms with Gasteiger partial charge in [-0.05, 0) is 55.0 Å². The summed E-state index contributed by atoms with van der Waals surface area (Å²) in [6.07, 6.45) is 2.09. The Kier molecular flexibility index (Phi) is 7.71. The number of carbonyl (C=O) groups excluding carboxylic acids is 1. The zero-order valence-corrected chi connectivity index (χ0v) is 19.9. The smallest absolute Gasteiger partial charge is 0.223 e. The summed E-state index contributed by atoms with van der Waals surface area (Å²) >= 11 is 3.36. The molecule has 0 spiro atoms. The summed E-state index contributed by atoms with van der Waals surface area (Å²) < 4.78 is 27.9. The fraction of sp³-hybridized carbons (Fsp3) is 0.435. The molecule has 1 N–H and O–H groups in total. The molecule has 1 heterocycles. The summed E-state index contributed by atoms with van der Waals surface area (Å²) in [7, 11) is -3.38. The average molecular weight is 493 g/mol. The molecule has 7 heteroatoms. The van der Waals surface area contributed by atoms with Gasteiger partial charge in [-0.1, -0.05) is 59.3 Å². The summed E-state index contributed by atoms with van der Waals surface area (Å²) in [5.41, 5.74) is 3.12. The number of sulfonamides is 1. The van der Waals surface area contributed by atoms with Crippen molar-refractivity contribution in [2.24, 2.45) is 5.92 Å². The van der Waals surface area contributed by atoms with Crippen LogP contribution in [0.25, 0.3) is 0 Å². The van der Waals surface area contributed by atoms with Crippen molar-refractivity contribution in [3.63, 3.8) is 0 Å². The maximum absolute atomic E-state index is 12.7. The van der Waals surface area contributed by atoms with Crippen LogP contribution in [0, 0.1) is 5.92 Å². The van der Waals surface area contributed by atoms with Crippen molar-refractivity contribution < 1.29 is 13.2 Å². The maximum Gasteiger partial charge on any atom is 0.223 e. The van der Waals surface area contributed by atoms with Crippen LogP contribution in [0.4, 0.5) is 0 Å². The Morgan fingerprint density at radius 1 is 1.07 bits per heavy atom. The van der Waals surface area contributed by atoms with Crippen LogP contribution < -0.4 is 5.32 Å². The van der Waals surface area contributed by atoms with E-state index in [1.807, 2.05) is 31.2 Å². The minimum Gasteiger partial charge on any atom is -0.349 e. The lowest BCUT2D eigenvalue weighted by Crippen LogP contribution is -2.43. The van der Waals surface area contributed by atoms with E-state index in [2.05, 4.69) is 52.4 Å². The Morgan fingerprint density at radius 2 is 1.63 bits per heavy atom. The van der Waals surface area contributed by atoms with Crippen molar-refractivity contribution in [3.05, 3.63) is 69.7 Å². The maximum atomic E-state index is 12.7. The molecule has 30 heavy (non-hydrogen) atoms. The standard InChI is InChI=1S/C23H29BrN2O3S/c1-3-18-4-8-20(9-5-18)17(2)25-23(27)21-12-14-26(15-13-21)30(28,29)16-19-6-10-22(24)11-7-19/h4-11,17,21H,3,12-16H2,1-2H3,(H,25,27)/t17-/m0/s1. The van der Waals surface area contributed by atoms with Gasteiger partial charge in [0.2, 0.25) is 15.9 Å². The highest BCUT2D eigenvalue weighted by Gasteiger charge is 2.31. The van der Waals surface area contributed by atoms with Crippen LogP contribution in [-0.2, 0) is 27.0 Å². The molecular weight excluding hydrogens is 464 g/mol. The van der Waals surface area contributed by atoms with Gasteiger partial charge >= 0.3 is 0 Å². The number of aryl methyl sites for hydroxylation is 1. The number of halogens is 1. The highest BCUT2D eigenvalue weighted by molar-refractivity contribution is 9.10. The van der Waals surface area contributed by atoms with Crippen LogP contribution in [0.5, 0.6) is 0 Å². The second kappa shape index (κ2) is 10.1. The Balaban J connectivity index is 1.52. The van der Waals surface area contributed by atoms with Crippen LogP contribution >= 0.6 is 15.9 Å². The molecule has 1 aliphatic heterocycles. The molecule has 1 saturated heterocycles. The lowest BCUT2D eigenvalue weighted by Gasteiger charge is -2.31. The predicted molar refractivity (Wildman–Crippen MR) is 123 cm³/mol. The first-order chi connectivity index (χ1) is 14.3. The van der Waals surface area contributed by atoms with E-state index < -0.39 is 10.0 Å². The van der Waals surface area contributed by atoms with E-state index in [0.29, 0.717) is 25.9 Å². The van der Waals surface area contributed by atoms with Crippen molar-refractivity contribution in [2.75, 3.05) is 13.1 Å². The molecule has 0 aliphatic carbocycles. The fourth-order valence-electron chi connectivity index (χ4n) is 3.74. The monoisotopic (exact) mass is 492 g/mol. The van der Waals surface area contributed by atoms with Gasteiger partial charge in [0.15, 0.2) is 0 Å². The molecule has 1 amide bonds. The highest BCUT2D eigenvalue weighted by atomic mass is 79.9. The Hall–Kier alpha value is -1.70. The van der Waals surface area contributed by atoms with Gasteiger partial charge in [0, 0.05) is 23.5 Å². The van der Waals surface area contributed by atoms with E-state index in [9.17, 15) is 13.2 Å². The normalized spacial score (nSPS) is 16.9. The third kappa shape index (κ3) is 5.93. The summed E-state index contributed by atoms with van der Waals surface area (Å²) in [4.78, 5) is 12.7. The minimum atomic E-state index is -3.38. The third-order valence-corrected chi connectivity index (χ3v) is 8.11. The van der Waals surface area contributed by atoms with E-state index >= 15 is 0 Å². The molecule has 1 atom stereocenters. The number of benzene rings is 2. The number of nitrogens with one attached hydrogen (secondary N) is 1. The second-order valence-corrected chi connectivity index (χ2v) is 10.8. The molecule has 162 valence electrons. The van der Waals surface area contributed by atoms with Gasteiger partial charge in [0.05, 0.1) is 11.8 Å². The molecular formula is C23H29BrN2O3S. The molecule has 0 saturated carbocycles. The average Bonchev–Trinajstić information content (AvgIpc) is 2.75. The number of rotatable bonds is 7. The van der Waals surface area contributed by atoms with Crippen molar-refractivity contribution >= 4 is 31.9 Å². The molecule has 0 unspecified atom stereocenters. The minimum absolute atomic E-state index is 0.00651. The Morgan fingerprint density at radius 3 is 2.20 bits per heavy atom. The number of carbonyl (C=O) groups is 1. The quantitative estimate of drug-likeness (QED) is 0.621. The number of hydrogen-bond acceptors (Lipinski definition) is 3. The number of amides is 1. The predicted octanol–water partition coefficient (Wildman–Crippen LogP) is 4.43. The van der Waals surface area contributed by atoms with E-state index in [-0.39, 0.29) is 23.6 Å². The van der Waals surface area contributed by atoms with Crippen molar-refractivity contribution in [1.82, 2.24) is 9.62 Å². The third-order valence-electron chi connectivity index (χ3n) is 5.73. The highest BCUT2D eigenvalue weighted by Crippen LogP contribution is 2.24. The van der Waals surface area contributed by atoms with E-state index in [4.69, 9.17) is 0 Å². The number of nitrogens with zero attached hydrogens (tertiary/aromatic N) is 1. The summed E-state index contributed by atoms with van der Waals surface area (Å²) in [5.74, 6) is -0.157. The van der Waals surface area contributed by atoms with Crippen molar-refractivity contribution in [1.29, 1.82) is 0 Å². The van der Waals surface area contributed by atoms with Crippen LogP contribution in [0.15, 0.2) is 53.0 Å². The number of piperidine rings is 1. The van der Waals surface area contributed by atoms with E-state index in [1.165, 1.54) is 9.87 Å². The topological polar surface area (TPSA) is 66.5 Å². The van der Waals surface area contributed by atoms with Gasteiger partial charge in [0.1, 0.15) is 0 Å². The van der Waals surface area contributed by atoms with Gasteiger partial charge in [-0.3, -0.25) is 4.79 Å². The Labute approximate surface area is 188 Å². The van der Waals surface area contributed by atoms with Crippen LogP contribution in [0.2, 0.25) is 0 Å². The largest absolute Gasteiger partial charge is 0.349 e. The van der Waals surface area contributed by atoms with Gasteiger partial charge in [-0.2, -0.15) is 0 Å². The molecule has 2 aromatic carbocycles. The van der Waals surface area contributed by atoms with Crippen molar-refractivity contribution in [2.45, 2.75) is 44.9 Å². The van der Waals surface area contributed by atoms with Gasteiger partial charge in [0.25, 0.3) is 0 Å². The first kappa shape index (κ1) is 23.0. The molecule has 0 aromatic heterocycles. The summed E-state index contributed by atoms with van der Waals surface area (Å²) in [6, 6.07) is 15.5. The Bertz CT molecular complexity index is 951. The van der Waals surface area contributed by atoms with Crippen molar-refractivity contribution in [3.8, 4) is 0 Å². The van der Waals surface area contributed by atoms with Crippen LogP contribution in [0.1, 0.15) is 49.4 Å². The molecule has 1 fully saturated rings. The summed E-state index contributed by atoms with van der Waals surface area (Å²) in [6.45, 7) is 4.87. The van der Waals surface area contributed by atoms with Crippen LogP contribution in [0.3, 0.4) is 0 Å². The fourth-order valence-corrected chi connectivity index (χ4v) is 5.56. The van der Waals surface area contributed by atoms with E-state index in [0.717, 1.165) is 22.0 Å².